The Bertz CT molecular complexity index is 622. The minimum absolute atomic E-state index is 0.0833. The van der Waals surface area contributed by atoms with E-state index in [0.717, 1.165) is 48.4 Å². The van der Waals surface area contributed by atoms with Gasteiger partial charge in [0.15, 0.2) is 0 Å². The lowest BCUT2D eigenvalue weighted by Crippen LogP contribution is -2.34. The van der Waals surface area contributed by atoms with Gasteiger partial charge in [-0.25, -0.2) is 0 Å². The van der Waals surface area contributed by atoms with Crippen LogP contribution in [0.25, 0.3) is 0 Å². The fourth-order valence-electron chi connectivity index (χ4n) is 3.41. The smallest absolute Gasteiger partial charge is 0.223 e. The van der Waals surface area contributed by atoms with Crippen molar-refractivity contribution in [1.29, 1.82) is 0 Å². The van der Waals surface area contributed by atoms with E-state index in [0.29, 0.717) is 19.4 Å². The molecule has 0 aliphatic carbocycles. The number of ether oxygens (including phenoxy) is 1. The van der Waals surface area contributed by atoms with E-state index in [4.69, 9.17) is 9.84 Å². The third-order valence-electron chi connectivity index (χ3n) is 4.85. The zero-order valence-electron chi connectivity index (χ0n) is 16.8. The normalized spacial score (nSPS) is 18.3. The molecule has 0 saturated carbocycles. The molecule has 0 spiro atoms. The van der Waals surface area contributed by atoms with Crippen LogP contribution < -0.4 is 0 Å². The molecule has 2 atom stereocenters. The van der Waals surface area contributed by atoms with Gasteiger partial charge in [-0.3, -0.25) is 4.79 Å². The van der Waals surface area contributed by atoms with Gasteiger partial charge in [0.05, 0.1) is 18.8 Å². The van der Waals surface area contributed by atoms with Gasteiger partial charge in [0, 0.05) is 38.9 Å². The summed E-state index contributed by atoms with van der Waals surface area (Å²) < 4.78 is 5.16. The Labute approximate surface area is 172 Å². The first kappa shape index (κ1) is 22.9. The van der Waals surface area contributed by atoms with Crippen molar-refractivity contribution in [2.45, 2.75) is 50.9 Å². The van der Waals surface area contributed by atoms with Crippen LogP contribution in [0.1, 0.15) is 36.8 Å². The number of hydrogen-bond donors (Lipinski definition) is 2. The molecule has 28 heavy (non-hydrogen) atoms. The molecule has 1 aliphatic rings. The molecule has 1 aromatic rings. The number of aliphatic hydroxyl groups excluding tert-OH is 2. The lowest BCUT2D eigenvalue weighted by molar-refractivity contribution is -0.128. The third kappa shape index (κ3) is 7.95. The number of benzene rings is 1. The minimum atomic E-state index is -0.566. The summed E-state index contributed by atoms with van der Waals surface area (Å²) in [6.07, 6.45) is 7.06. The maximum Gasteiger partial charge on any atom is 0.223 e. The summed E-state index contributed by atoms with van der Waals surface area (Å²) in [6, 6.07) is 8.14. The molecule has 0 bridgehead atoms. The summed E-state index contributed by atoms with van der Waals surface area (Å²) in [6.45, 7) is 1.56. The Morgan fingerprint density at radius 3 is 2.93 bits per heavy atom. The van der Waals surface area contributed by atoms with Crippen molar-refractivity contribution in [2.75, 3.05) is 31.8 Å². The lowest BCUT2D eigenvalue weighted by Gasteiger charge is -2.22. The van der Waals surface area contributed by atoms with Crippen LogP contribution in [-0.2, 0) is 22.6 Å². The van der Waals surface area contributed by atoms with Crippen molar-refractivity contribution >= 4 is 17.7 Å². The molecular formula is C22H33NO4S. The van der Waals surface area contributed by atoms with Crippen LogP contribution in [0.3, 0.4) is 0 Å². The Kier molecular flexibility index (Phi) is 10.6. The van der Waals surface area contributed by atoms with E-state index in [9.17, 15) is 9.90 Å². The summed E-state index contributed by atoms with van der Waals surface area (Å²) in [5.74, 6) is 2.13. The molecule has 1 aromatic carbocycles. The second-order valence-electron chi connectivity index (χ2n) is 7.15. The molecule has 0 unspecified atom stereocenters. The molecule has 0 radical (unpaired) electrons. The average Bonchev–Trinajstić information content (AvgIpc) is 3.03. The van der Waals surface area contributed by atoms with Crippen molar-refractivity contribution in [2.24, 2.45) is 0 Å². The van der Waals surface area contributed by atoms with E-state index in [2.05, 4.69) is 6.07 Å². The molecule has 1 saturated heterocycles. The first-order chi connectivity index (χ1) is 13.6. The van der Waals surface area contributed by atoms with Crippen molar-refractivity contribution < 1.29 is 19.7 Å². The Morgan fingerprint density at radius 1 is 1.32 bits per heavy atom. The molecule has 1 fully saturated rings. The number of likely N-dealkylation sites (tertiary alicyclic amines) is 1. The second-order valence-corrected chi connectivity index (χ2v) is 8.37. The number of thioether (sulfide) groups is 1. The molecular weight excluding hydrogens is 374 g/mol. The highest BCUT2D eigenvalue weighted by Crippen LogP contribution is 2.21. The lowest BCUT2D eigenvalue weighted by atomic mass is 10.0. The fourth-order valence-corrected chi connectivity index (χ4v) is 4.34. The molecule has 5 nitrogen and oxygen atoms in total. The van der Waals surface area contributed by atoms with Crippen LogP contribution >= 0.6 is 11.8 Å². The molecule has 156 valence electrons. The van der Waals surface area contributed by atoms with Crippen molar-refractivity contribution in [3.63, 3.8) is 0 Å². The van der Waals surface area contributed by atoms with Gasteiger partial charge in [-0.2, -0.15) is 11.8 Å². The van der Waals surface area contributed by atoms with Gasteiger partial charge in [0.1, 0.15) is 0 Å². The number of amides is 1. The van der Waals surface area contributed by atoms with Gasteiger partial charge in [0.25, 0.3) is 0 Å². The summed E-state index contributed by atoms with van der Waals surface area (Å²) in [5.41, 5.74) is 2.17. The summed E-state index contributed by atoms with van der Waals surface area (Å²) in [7, 11) is 1.67. The van der Waals surface area contributed by atoms with Gasteiger partial charge in [-0.15, -0.1) is 0 Å². The van der Waals surface area contributed by atoms with Gasteiger partial charge < -0.3 is 19.8 Å². The van der Waals surface area contributed by atoms with E-state index in [1.165, 1.54) is 0 Å². The molecule has 2 N–H and O–H groups in total. The van der Waals surface area contributed by atoms with E-state index >= 15 is 0 Å². The zero-order valence-corrected chi connectivity index (χ0v) is 17.6. The molecule has 2 rings (SSSR count). The van der Waals surface area contributed by atoms with E-state index < -0.39 is 6.10 Å². The Hall–Kier alpha value is -1.34. The number of nitrogens with zero attached hydrogens (tertiary/aromatic N) is 1. The molecule has 6 heteroatoms. The van der Waals surface area contributed by atoms with Crippen LogP contribution in [0.2, 0.25) is 0 Å². The number of aliphatic hydroxyl groups is 2. The van der Waals surface area contributed by atoms with E-state index in [1.807, 2.05) is 47.0 Å². The van der Waals surface area contributed by atoms with Crippen molar-refractivity contribution in [3.05, 3.63) is 47.5 Å². The highest BCUT2D eigenvalue weighted by Gasteiger charge is 2.28. The van der Waals surface area contributed by atoms with Crippen LogP contribution in [0.5, 0.6) is 0 Å². The molecule has 0 aromatic heterocycles. The summed E-state index contributed by atoms with van der Waals surface area (Å²) in [5, 5.41) is 19.2. The quantitative estimate of drug-likeness (QED) is 0.389. The van der Waals surface area contributed by atoms with Gasteiger partial charge in [-0.05, 0) is 36.1 Å². The maximum atomic E-state index is 12.2. The number of rotatable bonds is 13. The predicted molar refractivity (Wildman–Crippen MR) is 114 cm³/mol. The predicted octanol–water partition coefficient (Wildman–Crippen LogP) is 2.79. The van der Waals surface area contributed by atoms with E-state index in [-0.39, 0.29) is 18.6 Å². The number of unbranched alkanes of at least 4 members (excludes halogenated alkanes) is 1. The number of hydrogen-bond acceptors (Lipinski definition) is 5. The van der Waals surface area contributed by atoms with Gasteiger partial charge in [-0.1, -0.05) is 36.4 Å². The number of carbonyl (C=O) groups is 1. The van der Waals surface area contributed by atoms with Crippen molar-refractivity contribution in [1.82, 2.24) is 4.90 Å². The highest BCUT2D eigenvalue weighted by atomic mass is 32.2. The second kappa shape index (κ2) is 13.0. The molecule has 1 aliphatic heterocycles. The topological polar surface area (TPSA) is 70.0 Å². The number of carbonyl (C=O) groups excluding carboxylic acids is 1. The SMILES string of the molecule is COCc1cccc(C[C@H](O)/C=C/[C@H]2CCC(=O)N2CCSCCCCO)c1. The molecule has 1 amide bonds. The Morgan fingerprint density at radius 2 is 2.14 bits per heavy atom. The van der Waals surface area contributed by atoms with Crippen molar-refractivity contribution in [3.8, 4) is 0 Å². The highest BCUT2D eigenvalue weighted by molar-refractivity contribution is 7.99. The monoisotopic (exact) mass is 407 g/mol. The standard InChI is InChI=1S/C22H33NO4S/c1-27-17-19-6-4-5-18(15-19)16-21(25)9-7-20-8-10-22(26)23(20)11-14-28-13-3-2-12-24/h4-7,9,15,20-21,24-25H,2-3,8,10-14,16-17H2,1H3/b9-7+/t20-,21+/m0/s1. The van der Waals surface area contributed by atoms with Gasteiger partial charge >= 0.3 is 0 Å². The van der Waals surface area contributed by atoms with Crippen LogP contribution in [0.4, 0.5) is 0 Å². The summed E-state index contributed by atoms with van der Waals surface area (Å²) in [4.78, 5) is 14.1. The molecule has 1 heterocycles. The first-order valence-electron chi connectivity index (χ1n) is 10.0. The third-order valence-corrected chi connectivity index (χ3v) is 5.90. The van der Waals surface area contributed by atoms with E-state index in [1.54, 1.807) is 7.11 Å². The maximum absolute atomic E-state index is 12.2. The van der Waals surface area contributed by atoms with Crippen LogP contribution in [0.15, 0.2) is 36.4 Å². The largest absolute Gasteiger partial charge is 0.396 e. The summed E-state index contributed by atoms with van der Waals surface area (Å²) >= 11 is 1.83. The van der Waals surface area contributed by atoms with Crippen LogP contribution in [-0.4, -0.2) is 64.9 Å². The zero-order chi connectivity index (χ0) is 20.2. The van der Waals surface area contributed by atoms with Crippen LogP contribution in [0, 0.1) is 0 Å². The fraction of sp³-hybridized carbons (Fsp3) is 0.591. The Balaban J connectivity index is 1.80. The first-order valence-corrected chi connectivity index (χ1v) is 11.2. The van der Waals surface area contributed by atoms with Gasteiger partial charge in [0.2, 0.25) is 5.91 Å². The number of methoxy groups -OCH3 is 1. The average molecular weight is 408 g/mol. The minimum Gasteiger partial charge on any atom is -0.396 e.